The van der Waals surface area contributed by atoms with Crippen molar-refractivity contribution < 1.29 is 38.0 Å². The molecule has 1 aliphatic heterocycles. The van der Waals surface area contributed by atoms with Crippen LogP contribution in [0.5, 0.6) is 5.75 Å². The third-order valence-corrected chi connectivity index (χ3v) is 7.39. The van der Waals surface area contributed by atoms with Gasteiger partial charge in [0.25, 0.3) is 5.91 Å². The first kappa shape index (κ1) is 31.3. The number of ketones is 1. The van der Waals surface area contributed by atoms with E-state index in [1.54, 1.807) is 38.1 Å². The molecule has 230 valence electrons. The molecule has 3 heterocycles. The van der Waals surface area contributed by atoms with Crippen LogP contribution in [0.25, 0.3) is 10.9 Å². The number of hydrogen-bond donors (Lipinski definition) is 4. The van der Waals surface area contributed by atoms with Gasteiger partial charge < -0.3 is 34.9 Å². The van der Waals surface area contributed by atoms with E-state index in [9.17, 15) is 24.0 Å². The standard InChI is InChI=1S/C30H37N5O8/c1-15(2)11-22(34-29(39)23-13-19-20(32-23)7-6-8-25(19)41-5)28(38)33-21(12-18-9-10-31-27(18)37)24(36)14-42-30(40)26-16(3)35-43-17(26)4/h6-8,13,15,18,21-22,32H,9-12,14H2,1-5H3,(H,31,37)(H,33,38)(H,34,39)/t18-,21-,22-/m0/s1. The first-order valence-corrected chi connectivity index (χ1v) is 14.2. The van der Waals surface area contributed by atoms with E-state index >= 15 is 0 Å². The molecule has 0 bridgehead atoms. The third kappa shape index (κ3) is 7.40. The van der Waals surface area contributed by atoms with Crippen molar-refractivity contribution in [3.63, 3.8) is 0 Å². The smallest absolute Gasteiger partial charge is 0.344 e. The first-order chi connectivity index (χ1) is 20.5. The number of rotatable bonds is 13. The number of carbonyl (C=O) groups is 5. The monoisotopic (exact) mass is 595 g/mol. The summed E-state index contributed by atoms with van der Waals surface area (Å²) in [5.74, 6) is -2.34. The number of fused-ring (bicyclic) bond motifs is 1. The van der Waals surface area contributed by atoms with Crippen molar-refractivity contribution in [3.8, 4) is 5.75 Å². The van der Waals surface area contributed by atoms with Crippen LogP contribution >= 0.6 is 0 Å². The molecule has 1 aliphatic rings. The summed E-state index contributed by atoms with van der Waals surface area (Å²) in [7, 11) is 1.54. The molecular formula is C30H37N5O8. The van der Waals surface area contributed by atoms with Crippen LogP contribution in [0.1, 0.15) is 65.4 Å². The van der Waals surface area contributed by atoms with Crippen molar-refractivity contribution in [3.05, 3.63) is 47.0 Å². The SMILES string of the molecule is COc1cccc2[nH]c(C(=O)N[C@@H](CC(C)C)C(=O)N[C@@H](C[C@@H]3CCNC3=O)C(=O)COC(=O)c3c(C)noc3C)cc12. The average Bonchev–Trinajstić information content (AvgIpc) is 3.68. The molecule has 0 aliphatic carbocycles. The lowest BCUT2D eigenvalue weighted by Crippen LogP contribution is -2.53. The Morgan fingerprint density at radius 3 is 2.53 bits per heavy atom. The lowest BCUT2D eigenvalue weighted by molar-refractivity contribution is -0.131. The highest BCUT2D eigenvalue weighted by atomic mass is 16.5. The molecule has 4 rings (SSSR count). The van der Waals surface area contributed by atoms with Gasteiger partial charge in [0.1, 0.15) is 28.8 Å². The van der Waals surface area contributed by atoms with E-state index in [0.717, 1.165) is 0 Å². The van der Waals surface area contributed by atoms with Crippen molar-refractivity contribution in [1.82, 2.24) is 26.1 Å². The highest BCUT2D eigenvalue weighted by molar-refractivity contribution is 6.02. The lowest BCUT2D eigenvalue weighted by atomic mass is 9.95. The highest BCUT2D eigenvalue weighted by Crippen LogP contribution is 2.26. The number of hydrogen-bond acceptors (Lipinski definition) is 9. The largest absolute Gasteiger partial charge is 0.496 e. The molecule has 0 radical (unpaired) electrons. The van der Waals surface area contributed by atoms with Gasteiger partial charge in [-0.25, -0.2) is 4.79 Å². The quantitative estimate of drug-likeness (QED) is 0.216. The van der Waals surface area contributed by atoms with Gasteiger partial charge in [0.15, 0.2) is 12.4 Å². The number of esters is 1. The Hall–Kier alpha value is -4.68. The van der Waals surface area contributed by atoms with Gasteiger partial charge in [0, 0.05) is 23.4 Å². The minimum absolute atomic E-state index is 0.0173. The van der Waals surface area contributed by atoms with Crippen LogP contribution in [0.2, 0.25) is 0 Å². The zero-order chi connectivity index (χ0) is 31.3. The summed E-state index contributed by atoms with van der Waals surface area (Å²) in [6.07, 6.45) is 0.795. The molecule has 1 saturated heterocycles. The minimum atomic E-state index is -1.14. The summed E-state index contributed by atoms with van der Waals surface area (Å²) >= 11 is 0. The Balaban J connectivity index is 1.49. The van der Waals surface area contributed by atoms with Crippen LogP contribution in [-0.2, 0) is 19.1 Å². The van der Waals surface area contributed by atoms with Crippen LogP contribution in [-0.4, -0.2) is 72.0 Å². The number of methoxy groups -OCH3 is 1. The molecule has 3 aromatic rings. The summed E-state index contributed by atoms with van der Waals surface area (Å²) in [4.78, 5) is 68.1. The average molecular weight is 596 g/mol. The number of benzene rings is 1. The van der Waals surface area contributed by atoms with Gasteiger partial charge in [-0.05, 0) is 57.2 Å². The number of nitrogens with one attached hydrogen (secondary N) is 4. The van der Waals surface area contributed by atoms with Gasteiger partial charge in [-0.1, -0.05) is 25.1 Å². The van der Waals surface area contributed by atoms with E-state index in [1.807, 2.05) is 13.8 Å². The van der Waals surface area contributed by atoms with Crippen molar-refractivity contribution in [2.45, 2.75) is 59.0 Å². The van der Waals surface area contributed by atoms with Crippen LogP contribution in [0.4, 0.5) is 0 Å². The Bertz CT molecular complexity index is 1500. The number of amides is 3. The van der Waals surface area contributed by atoms with Gasteiger partial charge in [0.05, 0.1) is 18.8 Å². The zero-order valence-electron chi connectivity index (χ0n) is 24.9. The number of H-pyrrole nitrogens is 1. The fraction of sp³-hybridized carbons (Fsp3) is 0.467. The predicted molar refractivity (Wildman–Crippen MR) is 154 cm³/mol. The molecule has 0 unspecified atom stereocenters. The van der Waals surface area contributed by atoms with Crippen LogP contribution in [0.3, 0.4) is 0 Å². The van der Waals surface area contributed by atoms with Gasteiger partial charge in [-0.2, -0.15) is 0 Å². The van der Waals surface area contributed by atoms with E-state index in [4.69, 9.17) is 14.0 Å². The fourth-order valence-corrected chi connectivity index (χ4v) is 5.15. The maximum atomic E-state index is 13.6. The summed E-state index contributed by atoms with van der Waals surface area (Å²) in [6, 6.07) is 4.90. The molecule has 3 atom stereocenters. The second-order valence-corrected chi connectivity index (χ2v) is 11.1. The molecule has 4 N–H and O–H groups in total. The Morgan fingerprint density at radius 1 is 1.14 bits per heavy atom. The number of carbonyl (C=O) groups excluding carboxylic acids is 5. The third-order valence-electron chi connectivity index (χ3n) is 7.39. The van der Waals surface area contributed by atoms with Gasteiger partial charge >= 0.3 is 5.97 Å². The molecule has 13 nitrogen and oxygen atoms in total. The number of aromatic nitrogens is 2. The molecule has 43 heavy (non-hydrogen) atoms. The molecule has 1 aromatic carbocycles. The van der Waals surface area contributed by atoms with Crippen LogP contribution < -0.4 is 20.7 Å². The van der Waals surface area contributed by atoms with Crippen molar-refractivity contribution in [2.24, 2.45) is 11.8 Å². The Morgan fingerprint density at radius 2 is 1.91 bits per heavy atom. The second-order valence-electron chi connectivity index (χ2n) is 11.1. The number of Topliss-reactive ketones (excluding diaryl/α,β-unsaturated/α-hetero) is 1. The first-order valence-electron chi connectivity index (χ1n) is 14.2. The van der Waals surface area contributed by atoms with Gasteiger partial charge in [-0.15, -0.1) is 0 Å². The van der Waals surface area contributed by atoms with E-state index in [2.05, 4.69) is 26.1 Å². The molecule has 13 heteroatoms. The fourth-order valence-electron chi connectivity index (χ4n) is 5.15. The predicted octanol–water partition coefficient (Wildman–Crippen LogP) is 2.36. The maximum Gasteiger partial charge on any atom is 0.344 e. The molecule has 0 spiro atoms. The van der Waals surface area contributed by atoms with E-state index in [1.165, 1.54) is 7.11 Å². The number of aromatic amines is 1. The Kier molecular flexibility index (Phi) is 9.84. The summed E-state index contributed by atoms with van der Waals surface area (Å²) in [6.45, 7) is 6.75. The zero-order valence-corrected chi connectivity index (χ0v) is 24.9. The maximum absolute atomic E-state index is 13.6. The van der Waals surface area contributed by atoms with E-state index < -0.39 is 48.2 Å². The molecule has 2 aromatic heterocycles. The Labute approximate surface area is 248 Å². The van der Waals surface area contributed by atoms with E-state index in [0.29, 0.717) is 35.3 Å². The van der Waals surface area contributed by atoms with Crippen LogP contribution in [0, 0.1) is 25.7 Å². The highest BCUT2D eigenvalue weighted by Gasteiger charge is 2.34. The lowest BCUT2D eigenvalue weighted by Gasteiger charge is -2.25. The number of nitrogens with zero attached hydrogens (tertiary/aromatic N) is 1. The molecule has 0 saturated carbocycles. The van der Waals surface area contributed by atoms with Gasteiger partial charge in [0.2, 0.25) is 11.8 Å². The van der Waals surface area contributed by atoms with Crippen molar-refractivity contribution in [1.29, 1.82) is 0 Å². The summed E-state index contributed by atoms with van der Waals surface area (Å²) in [5.41, 5.74) is 1.38. The van der Waals surface area contributed by atoms with Crippen molar-refractivity contribution >= 4 is 40.4 Å². The minimum Gasteiger partial charge on any atom is -0.496 e. The number of ether oxygens (including phenoxy) is 2. The molecule has 3 amide bonds. The van der Waals surface area contributed by atoms with Crippen LogP contribution in [0.15, 0.2) is 28.8 Å². The topological polar surface area (TPSA) is 182 Å². The van der Waals surface area contributed by atoms with E-state index in [-0.39, 0.29) is 41.7 Å². The molecular weight excluding hydrogens is 558 g/mol. The number of aryl methyl sites for hydroxylation is 2. The molecule has 1 fully saturated rings. The summed E-state index contributed by atoms with van der Waals surface area (Å²) in [5, 5.41) is 12.7. The summed E-state index contributed by atoms with van der Waals surface area (Å²) < 4.78 is 15.6. The second kappa shape index (κ2) is 13.5. The van der Waals surface area contributed by atoms with Gasteiger partial charge in [-0.3, -0.25) is 19.2 Å². The normalized spacial score (nSPS) is 16.0. The van der Waals surface area contributed by atoms with Crippen molar-refractivity contribution in [2.75, 3.05) is 20.3 Å².